The minimum Gasteiger partial charge on any atom is -0.490 e. The van der Waals surface area contributed by atoms with Crippen LogP contribution in [0.5, 0.6) is 11.5 Å². The predicted octanol–water partition coefficient (Wildman–Crippen LogP) is 0.874. The van der Waals surface area contributed by atoms with Crippen LogP contribution in [0.3, 0.4) is 0 Å². The van der Waals surface area contributed by atoms with Crippen LogP contribution in [0.1, 0.15) is 12.0 Å². The molecular weight excluding hydrogens is 308 g/mol. The summed E-state index contributed by atoms with van der Waals surface area (Å²) in [5.74, 6) is 1.48. The standard InChI is InChI=1S/C15H20N2O4.ClH/c18-15(12-10-19-7-4-16-12)17-9-11-2-3-13-14(8-11)21-6-1-5-20-13;/h2-3,8,12,16H,1,4-7,9-10H2,(H,17,18);1H. The van der Waals surface area contributed by atoms with Crippen LogP contribution >= 0.6 is 12.4 Å². The molecule has 1 fully saturated rings. The zero-order chi connectivity index (χ0) is 14.5. The molecule has 0 saturated carbocycles. The fourth-order valence-corrected chi connectivity index (χ4v) is 2.36. The first-order valence-electron chi connectivity index (χ1n) is 7.30. The number of carbonyl (C=O) groups excluding carboxylic acids is 1. The minimum atomic E-state index is -0.265. The molecule has 1 aromatic rings. The predicted molar refractivity (Wildman–Crippen MR) is 83.8 cm³/mol. The van der Waals surface area contributed by atoms with Gasteiger partial charge in [-0.1, -0.05) is 6.07 Å². The largest absolute Gasteiger partial charge is 0.490 e. The first-order chi connectivity index (χ1) is 10.3. The fraction of sp³-hybridized carbons (Fsp3) is 0.533. The maximum Gasteiger partial charge on any atom is 0.239 e. The van der Waals surface area contributed by atoms with E-state index >= 15 is 0 Å². The van der Waals surface area contributed by atoms with Crippen molar-refractivity contribution in [2.45, 2.75) is 19.0 Å². The lowest BCUT2D eigenvalue weighted by molar-refractivity contribution is -0.126. The van der Waals surface area contributed by atoms with Gasteiger partial charge >= 0.3 is 0 Å². The van der Waals surface area contributed by atoms with Crippen LogP contribution in [0.4, 0.5) is 0 Å². The zero-order valence-electron chi connectivity index (χ0n) is 12.3. The highest BCUT2D eigenvalue weighted by atomic mass is 35.5. The van der Waals surface area contributed by atoms with E-state index in [2.05, 4.69) is 10.6 Å². The molecule has 122 valence electrons. The van der Waals surface area contributed by atoms with Gasteiger partial charge in [0.1, 0.15) is 6.04 Å². The second-order valence-electron chi connectivity index (χ2n) is 5.13. The number of hydrogen-bond acceptors (Lipinski definition) is 5. The van der Waals surface area contributed by atoms with Gasteiger partial charge in [0.15, 0.2) is 11.5 Å². The molecule has 6 nitrogen and oxygen atoms in total. The van der Waals surface area contributed by atoms with E-state index in [1.54, 1.807) is 0 Å². The van der Waals surface area contributed by atoms with E-state index in [0.29, 0.717) is 39.5 Å². The third-order valence-corrected chi connectivity index (χ3v) is 3.52. The molecule has 1 amide bonds. The number of benzene rings is 1. The van der Waals surface area contributed by atoms with Crippen molar-refractivity contribution in [3.05, 3.63) is 23.8 Å². The lowest BCUT2D eigenvalue weighted by atomic mass is 10.2. The van der Waals surface area contributed by atoms with Gasteiger partial charge in [0.2, 0.25) is 5.91 Å². The molecule has 0 bridgehead atoms. The summed E-state index contributed by atoms with van der Waals surface area (Å²) < 4.78 is 16.5. The molecule has 0 aromatic heterocycles. The van der Waals surface area contributed by atoms with Crippen molar-refractivity contribution in [2.75, 3.05) is 33.0 Å². The normalized spacial score (nSPS) is 20.5. The second-order valence-corrected chi connectivity index (χ2v) is 5.13. The number of morpholine rings is 1. The smallest absolute Gasteiger partial charge is 0.239 e. The Bertz CT molecular complexity index is 506. The summed E-state index contributed by atoms with van der Waals surface area (Å²) in [5, 5.41) is 6.04. The van der Waals surface area contributed by atoms with E-state index in [1.807, 2.05) is 18.2 Å². The van der Waals surface area contributed by atoms with E-state index in [1.165, 1.54) is 0 Å². The van der Waals surface area contributed by atoms with Crippen LogP contribution in [0, 0.1) is 0 Å². The Labute approximate surface area is 135 Å². The molecule has 22 heavy (non-hydrogen) atoms. The van der Waals surface area contributed by atoms with Crippen molar-refractivity contribution >= 4 is 18.3 Å². The summed E-state index contributed by atoms with van der Waals surface area (Å²) >= 11 is 0. The molecule has 1 unspecified atom stereocenters. The highest BCUT2D eigenvalue weighted by Gasteiger charge is 2.20. The number of ether oxygens (including phenoxy) is 3. The number of hydrogen-bond donors (Lipinski definition) is 2. The summed E-state index contributed by atoms with van der Waals surface area (Å²) in [6, 6.07) is 5.49. The molecule has 7 heteroatoms. The highest BCUT2D eigenvalue weighted by Crippen LogP contribution is 2.30. The third-order valence-electron chi connectivity index (χ3n) is 3.52. The minimum absolute atomic E-state index is 0. The van der Waals surface area contributed by atoms with Gasteiger partial charge in [-0.15, -0.1) is 12.4 Å². The Morgan fingerprint density at radius 3 is 2.82 bits per heavy atom. The van der Waals surface area contributed by atoms with E-state index in [4.69, 9.17) is 14.2 Å². The van der Waals surface area contributed by atoms with Crippen molar-refractivity contribution in [3.63, 3.8) is 0 Å². The van der Waals surface area contributed by atoms with Gasteiger partial charge in [0.25, 0.3) is 0 Å². The first-order valence-corrected chi connectivity index (χ1v) is 7.30. The number of carbonyl (C=O) groups is 1. The Hall–Kier alpha value is -1.50. The van der Waals surface area contributed by atoms with Crippen LogP contribution in [0.2, 0.25) is 0 Å². The lowest BCUT2D eigenvalue weighted by Gasteiger charge is -2.23. The molecule has 1 saturated heterocycles. The van der Waals surface area contributed by atoms with Crippen LogP contribution in [-0.4, -0.2) is 44.9 Å². The third kappa shape index (κ3) is 4.25. The first kappa shape index (κ1) is 16.9. The summed E-state index contributed by atoms with van der Waals surface area (Å²) in [5.41, 5.74) is 0.990. The Morgan fingerprint density at radius 1 is 1.23 bits per heavy atom. The van der Waals surface area contributed by atoms with Crippen molar-refractivity contribution in [2.24, 2.45) is 0 Å². The molecule has 0 radical (unpaired) electrons. The monoisotopic (exact) mass is 328 g/mol. The summed E-state index contributed by atoms with van der Waals surface area (Å²) in [4.78, 5) is 12.0. The van der Waals surface area contributed by atoms with Crippen molar-refractivity contribution < 1.29 is 19.0 Å². The van der Waals surface area contributed by atoms with Gasteiger partial charge in [-0.25, -0.2) is 0 Å². The van der Waals surface area contributed by atoms with E-state index in [-0.39, 0.29) is 24.4 Å². The molecule has 2 N–H and O–H groups in total. The van der Waals surface area contributed by atoms with Crippen LogP contribution in [-0.2, 0) is 16.1 Å². The summed E-state index contributed by atoms with van der Waals surface area (Å²) in [6.07, 6.45) is 0.883. The average Bonchev–Trinajstić information content (AvgIpc) is 2.78. The summed E-state index contributed by atoms with van der Waals surface area (Å²) in [7, 11) is 0. The second kappa shape index (κ2) is 8.22. The number of amides is 1. The maximum atomic E-state index is 12.0. The molecule has 3 rings (SSSR count). The van der Waals surface area contributed by atoms with Crippen molar-refractivity contribution in [3.8, 4) is 11.5 Å². The number of nitrogens with one attached hydrogen (secondary N) is 2. The van der Waals surface area contributed by atoms with Crippen LogP contribution in [0.15, 0.2) is 18.2 Å². The molecule has 2 aliphatic rings. The van der Waals surface area contributed by atoms with E-state index in [9.17, 15) is 4.79 Å². The van der Waals surface area contributed by atoms with Crippen LogP contribution in [0.25, 0.3) is 0 Å². The number of rotatable bonds is 3. The fourth-order valence-electron chi connectivity index (χ4n) is 2.36. The Kier molecular flexibility index (Phi) is 6.30. The molecule has 1 aromatic carbocycles. The Balaban J connectivity index is 0.00000176. The zero-order valence-corrected chi connectivity index (χ0v) is 13.1. The SMILES string of the molecule is Cl.O=C(NCc1ccc2c(c1)OCCCO2)C1COCCN1. The van der Waals surface area contributed by atoms with Gasteiger partial charge in [-0.3, -0.25) is 4.79 Å². The summed E-state index contributed by atoms with van der Waals surface area (Å²) in [6.45, 7) is 3.59. The molecule has 1 atom stereocenters. The number of fused-ring (bicyclic) bond motifs is 1. The molecule has 0 aliphatic carbocycles. The van der Waals surface area contributed by atoms with Gasteiger partial charge in [0, 0.05) is 19.5 Å². The van der Waals surface area contributed by atoms with Crippen LogP contribution < -0.4 is 20.1 Å². The molecule has 2 aliphatic heterocycles. The molecule has 2 heterocycles. The van der Waals surface area contributed by atoms with Gasteiger partial charge in [0.05, 0.1) is 26.4 Å². The molecular formula is C15H21ClN2O4. The van der Waals surface area contributed by atoms with Crippen molar-refractivity contribution in [1.29, 1.82) is 0 Å². The average molecular weight is 329 g/mol. The molecule has 0 spiro atoms. The van der Waals surface area contributed by atoms with Crippen molar-refractivity contribution in [1.82, 2.24) is 10.6 Å². The van der Waals surface area contributed by atoms with Gasteiger partial charge in [-0.2, -0.15) is 0 Å². The van der Waals surface area contributed by atoms with Gasteiger partial charge in [-0.05, 0) is 17.7 Å². The maximum absolute atomic E-state index is 12.0. The lowest BCUT2D eigenvalue weighted by Crippen LogP contribution is -2.51. The Morgan fingerprint density at radius 2 is 2.05 bits per heavy atom. The quantitative estimate of drug-likeness (QED) is 0.862. The topological polar surface area (TPSA) is 68.8 Å². The highest BCUT2D eigenvalue weighted by molar-refractivity contribution is 5.85. The van der Waals surface area contributed by atoms with Gasteiger partial charge < -0.3 is 24.8 Å². The van der Waals surface area contributed by atoms with E-state index in [0.717, 1.165) is 23.5 Å². The number of halogens is 1. The van der Waals surface area contributed by atoms with E-state index < -0.39 is 0 Å².